The van der Waals surface area contributed by atoms with Gasteiger partial charge in [-0.2, -0.15) is 0 Å². The monoisotopic (exact) mass is 212 g/mol. The highest BCUT2D eigenvalue weighted by atomic mass is 16.6. The Hall–Kier alpha value is -0.790. The fourth-order valence-electron chi connectivity index (χ4n) is 0.982. The maximum Gasteiger partial charge on any atom is 0.331 e. The third kappa shape index (κ3) is 5.60. The Labute approximate surface area is 93.7 Å². The van der Waals surface area contributed by atoms with Crippen molar-refractivity contribution in [3.8, 4) is 0 Å². The summed E-state index contributed by atoms with van der Waals surface area (Å²) < 4.78 is 5.23. The van der Waals surface area contributed by atoms with Gasteiger partial charge in [0.05, 0.1) is 0 Å². The second kappa shape index (κ2) is 4.82. The zero-order valence-corrected chi connectivity index (χ0v) is 11.1. The lowest BCUT2D eigenvalue weighted by molar-refractivity contribution is -0.148. The van der Waals surface area contributed by atoms with Crippen LogP contribution in [0, 0.1) is 5.41 Å². The first kappa shape index (κ1) is 14.2. The Morgan fingerprint density at radius 1 is 1.20 bits per heavy atom. The number of carbonyl (C=O) groups excluding carboxylic acids is 1. The number of carbonyl (C=O) groups is 1. The lowest BCUT2D eigenvalue weighted by Gasteiger charge is -2.24. The van der Waals surface area contributed by atoms with Crippen LogP contribution in [0.1, 0.15) is 54.9 Å². The Morgan fingerprint density at radius 2 is 1.67 bits per heavy atom. The fourth-order valence-corrected chi connectivity index (χ4v) is 0.982. The molecule has 0 saturated heterocycles. The molecule has 0 rings (SSSR count). The van der Waals surface area contributed by atoms with Crippen LogP contribution in [0.4, 0.5) is 0 Å². The summed E-state index contributed by atoms with van der Waals surface area (Å²) >= 11 is 0. The predicted octanol–water partition coefficient (Wildman–Crippen LogP) is 3.71. The van der Waals surface area contributed by atoms with Gasteiger partial charge in [-0.25, -0.2) is 4.79 Å². The minimum atomic E-state index is -0.412. The highest BCUT2D eigenvalue weighted by Crippen LogP contribution is 2.29. The Kier molecular flexibility index (Phi) is 4.57. The number of esters is 1. The van der Waals surface area contributed by atoms with Crippen LogP contribution in [0.5, 0.6) is 0 Å². The van der Waals surface area contributed by atoms with Gasteiger partial charge in [0.15, 0.2) is 0 Å². The second-order valence-electron chi connectivity index (χ2n) is 5.60. The normalized spacial score (nSPS) is 13.9. The van der Waals surface area contributed by atoms with Crippen molar-refractivity contribution >= 4 is 5.97 Å². The summed E-state index contributed by atoms with van der Waals surface area (Å²) in [6, 6.07) is 0. The van der Waals surface area contributed by atoms with Gasteiger partial charge in [-0.15, -0.1) is 0 Å². The summed E-state index contributed by atoms with van der Waals surface area (Å²) in [5, 5.41) is 0. The lowest BCUT2D eigenvalue weighted by atomic mass is 9.82. The van der Waals surface area contributed by atoms with Crippen molar-refractivity contribution in [1.82, 2.24) is 0 Å². The van der Waals surface area contributed by atoms with Crippen LogP contribution in [0.25, 0.3) is 0 Å². The Morgan fingerprint density at radius 3 is 2.00 bits per heavy atom. The summed E-state index contributed by atoms with van der Waals surface area (Å²) in [5.41, 5.74) is 0.723. The van der Waals surface area contributed by atoms with Crippen LogP contribution in [-0.4, -0.2) is 11.6 Å². The maximum absolute atomic E-state index is 11.5. The van der Waals surface area contributed by atoms with Crippen LogP contribution in [0.15, 0.2) is 11.6 Å². The standard InChI is InChI=1S/C13H24O2/c1-8-13(6,7)10(2)9-11(14)15-12(3,4)5/h9H,8H2,1-7H3. The number of hydrogen-bond donors (Lipinski definition) is 0. The third-order valence-corrected chi connectivity index (χ3v) is 2.69. The summed E-state index contributed by atoms with van der Waals surface area (Å²) in [7, 11) is 0. The number of rotatable bonds is 3. The SMILES string of the molecule is CCC(C)(C)C(C)=CC(=O)OC(C)(C)C. The topological polar surface area (TPSA) is 26.3 Å². The highest BCUT2D eigenvalue weighted by molar-refractivity contribution is 5.83. The van der Waals surface area contributed by atoms with Crippen molar-refractivity contribution < 1.29 is 9.53 Å². The molecular formula is C13H24O2. The van der Waals surface area contributed by atoms with Crippen LogP contribution in [-0.2, 0) is 9.53 Å². The predicted molar refractivity (Wildman–Crippen MR) is 63.7 cm³/mol. The lowest BCUT2D eigenvalue weighted by Crippen LogP contribution is -2.23. The molecule has 2 heteroatoms. The molecule has 0 atom stereocenters. The molecule has 0 amide bonds. The van der Waals surface area contributed by atoms with E-state index in [9.17, 15) is 4.79 Å². The molecule has 0 aliphatic heterocycles. The van der Waals surface area contributed by atoms with E-state index in [2.05, 4.69) is 20.8 Å². The van der Waals surface area contributed by atoms with Gasteiger partial charge in [-0.05, 0) is 39.5 Å². The first-order valence-corrected chi connectivity index (χ1v) is 5.50. The van der Waals surface area contributed by atoms with E-state index >= 15 is 0 Å². The van der Waals surface area contributed by atoms with E-state index in [0.717, 1.165) is 12.0 Å². The van der Waals surface area contributed by atoms with Crippen LogP contribution >= 0.6 is 0 Å². The van der Waals surface area contributed by atoms with Crippen LogP contribution < -0.4 is 0 Å². The molecule has 88 valence electrons. The average molecular weight is 212 g/mol. The Bertz CT molecular complexity index is 254. The van der Waals surface area contributed by atoms with Gasteiger partial charge in [-0.1, -0.05) is 26.3 Å². The summed E-state index contributed by atoms with van der Waals surface area (Å²) in [6.07, 6.45) is 2.62. The van der Waals surface area contributed by atoms with Crippen molar-refractivity contribution in [2.24, 2.45) is 5.41 Å². The fraction of sp³-hybridized carbons (Fsp3) is 0.769. The van der Waals surface area contributed by atoms with Gasteiger partial charge < -0.3 is 4.74 Å². The first-order chi connectivity index (χ1) is 6.58. The first-order valence-electron chi connectivity index (χ1n) is 5.50. The molecule has 0 aromatic carbocycles. The molecule has 2 nitrogen and oxygen atoms in total. The molecule has 0 N–H and O–H groups in total. The van der Waals surface area contributed by atoms with Gasteiger partial charge in [0.1, 0.15) is 5.60 Å². The van der Waals surface area contributed by atoms with E-state index in [1.54, 1.807) is 6.08 Å². The number of ether oxygens (including phenoxy) is 1. The van der Waals surface area contributed by atoms with Crippen molar-refractivity contribution in [3.63, 3.8) is 0 Å². The molecule has 0 aromatic heterocycles. The molecule has 15 heavy (non-hydrogen) atoms. The van der Waals surface area contributed by atoms with E-state index in [-0.39, 0.29) is 11.4 Å². The summed E-state index contributed by atoms with van der Waals surface area (Å²) in [4.78, 5) is 11.5. The zero-order chi connectivity index (χ0) is 12.3. The maximum atomic E-state index is 11.5. The minimum absolute atomic E-state index is 0.0664. The minimum Gasteiger partial charge on any atom is -0.457 e. The molecular weight excluding hydrogens is 188 g/mol. The number of allylic oxidation sites excluding steroid dienone is 1. The van der Waals surface area contributed by atoms with Crippen molar-refractivity contribution in [2.75, 3.05) is 0 Å². The van der Waals surface area contributed by atoms with Crippen molar-refractivity contribution in [2.45, 2.75) is 60.5 Å². The molecule has 0 aliphatic carbocycles. The average Bonchev–Trinajstić information content (AvgIpc) is 2.00. The van der Waals surface area contributed by atoms with Gasteiger partial charge in [-0.3, -0.25) is 0 Å². The molecule has 0 spiro atoms. The van der Waals surface area contributed by atoms with Crippen molar-refractivity contribution in [1.29, 1.82) is 0 Å². The molecule has 0 unspecified atom stereocenters. The molecule has 0 aliphatic rings. The van der Waals surface area contributed by atoms with Crippen molar-refractivity contribution in [3.05, 3.63) is 11.6 Å². The van der Waals surface area contributed by atoms with E-state index in [4.69, 9.17) is 4.74 Å². The summed E-state index contributed by atoms with van der Waals surface area (Å²) in [6.45, 7) is 14.0. The van der Waals surface area contributed by atoms with Gasteiger partial charge >= 0.3 is 5.97 Å². The van der Waals surface area contributed by atoms with Gasteiger partial charge in [0.25, 0.3) is 0 Å². The number of hydrogen-bond acceptors (Lipinski definition) is 2. The smallest absolute Gasteiger partial charge is 0.331 e. The third-order valence-electron chi connectivity index (χ3n) is 2.69. The molecule has 0 radical (unpaired) electrons. The van der Waals surface area contributed by atoms with E-state index in [0.29, 0.717) is 0 Å². The van der Waals surface area contributed by atoms with E-state index in [1.165, 1.54) is 0 Å². The van der Waals surface area contributed by atoms with E-state index < -0.39 is 5.60 Å². The van der Waals surface area contributed by atoms with Gasteiger partial charge in [0.2, 0.25) is 0 Å². The van der Waals surface area contributed by atoms with Crippen LogP contribution in [0.3, 0.4) is 0 Å². The molecule has 0 heterocycles. The van der Waals surface area contributed by atoms with Crippen LogP contribution in [0.2, 0.25) is 0 Å². The highest BCUT2D eigenvalue weighted by Gasteiger charge is 2.20. The van der Waals surface area contributed by atoms with E-state index in [1.807, 2.05) is 27.7 Å². The molecule has 0 fully saturated rings. The largest absolute Gasteiger partial charge is 0.457 e. The second-order valence-corrected chi connectivity index (χ2v) is 5.60. The molecule has 0 saturated carbocycles. The quantitative estimate of drug-likeness (QED) is 0.526. The van der Waals surface area contributed by atoms with Gasteiger partial charge in [0, 0.05) is 6.08 Å². The zero-order valence-electron chi connectivity index (χ0n) is 11.1. The Balaban J connectivity index is 4.57. The summed E-state index contributed by atoms with van der Waals surface area (Å²) in [5.74, 6) is -0.249. The molecule has 0 aromatic rings. The molecule has 0 bridgehead atoms.